The maximum atomic E-state index is 9.03. The molecule has 3 heteroatoms. The largest absolute Gasteiger partial charge is 0.389 e. The van der Waals surface area contributed by atoms with E-state index in [-0.39, 0.29) is 0 Å². The predicted octanol–water partition coefficient (Wildman–Crippen LogP) is -1.34. The molecular formula is C7H11NO2. The first-order valence-electron chi connectivity index (χ1n) is 3.26. The van der Waals surface area contributed by atoms with Gasteiger partial charge in [0.05, 0.1) is 18.8 Å². The van der Waals surface area contributed by atoms with Crippen LogP contribution in [0.15, 0.2) is 0 Å². The van der Waals surface area contributed by atoms with E-state index >= 15 is 0 Å². The molecule has 0 radical (unpaired) electrons. The van der Waals surface area contributed by atoms with Crippen molar-refractivity contribution in [1.29, 1.82) is 0 Å². The van der Waals surface area contributed by atoms with Crippen molar-refractivity contribution in [3.05, 3.63) is 0 Å². The van der Waals surface area contributed by atoms with Crippen LogP contribution in [0.5, 0.6) is 0 Å². The molecule has 1 aliphatic heterocycles. The van der Waals surface area contributed by atoms with Gasteiger partial charge in [-0.05, 0) is 0 Å². The van der Waals surface area contributed by atoms with Gasteiger partial charge in [-0.3, -0.25) is 4.90 Å². The van der Waals surface area contributed by atoms with E-state index in [1.54, 1.807) is 0 Å². The summed E-state index contributed by atoms with van der Waals surface area (Å²) in [4.78, 5) is 1.84. The number of aliphatic hydroxyl groups is 2. The zero-order valence-electron chi connectivity index (χ0n) is 5.70. The van der Waals surface area contributed by atoms with Crippen LogP contribution in [-0.4, -0.2) is 47.0 Å². The van der Waals surface area contributed by atoms with E-state index < -0.39 is 12.2 Å². The third kappa shape index (κ3) is 1.48. The van der Waals surface area contributed by atoms with Crippen LogP contribution in [0.1, 0.15) is 0 Å². The van der Waals surface area contributed by atoms with Crippen molar-refractivity contribution in [3.8, 4) is 12.3 Å². The first kappa shape index (κ1) is 7.55. The Labute approximate surface area is 60.3 Å². The van der Waals surface area contributed by atoms with Crippen LogP contribution in [0.25, 0.3) is 0 Å². The molecule has 56 valence electrons. The number of β-amino-alcohol motifs (C(OH)–C–C–N with tert-alkyl or cyclic N) is 2. The Morgan fingerprint density at radius 3 is 2.30 bits per heavy atom. The van der Waals surface area contributed by atoms with Crippen molar-refractivity contribution in [2.24, 2.45) is 0 Å². The van der Waals surface area contributed by atoms with Gasteiger partial charge in [0, 0.05) is 13.1 Å². The normalized spacial score (nSPS) is 34.1. The third-order valence-electron chi connectivity index (χ3n) is 1.65. The van der Waals surface area contributed by atoms with Gasteiger partial charge in [-0.2, -0.15) is 0 Å². The predicted molar refractivity (Wildman–Crippen MR) is 37.3 cm³/mol. The third-order valence-corrected chi connectivity index (χ3v) is 1.65. The van der Waals surface area contributed by atoms with Gasteiger partial charge in [-0.25, -0.2) is 0 Å². The summed E-state index contributed by atoms with van der Waals surface area (Å²) < 4.78 is 0. The van der Waals surface area contributed by atoms with E-state index in [1.807, 2.05) is 4.90 Å². The highest BCUT2D eigenvalue weighted by molar-refractivity contribution is 4.93. The molecule has 0 aromatic carbocycles. The first-order chi connectivity index (χ1) is 4.74. The lowest BCUT2D eigenvalue weighted by Crippen LogP contribution is -2.22. The van der Waals surface area contributed by atoms with Crippen molar-refractivity contribution in [2.75, 3.05) is 19.6 Å². The lowest BCUT2D eigenvalue weighted by Gasteiger charge is -2.08. The van der Waals surface area contributed by atoms with E-state index in [1.165, 1.54) is 0 Å². The molecule has 0 aromatic heterocycles. The topological polar surface area (TPSA) is 43.7 Å². The van der Waals surface area contributed by atoms with E-state index in [0.29, 0.717) is 19.6 Å². The van der Waals surface area contributed by atoms with Crippen molar-refractivity contribution in [3.63, 3.8) is 0 Å². The molecule has 2 unspecified atom stereocenters. The van der Waals surface area contributed by atoms with Gasteiger partial charge < -0.3 is 10.2 Å². The van der Waals surface area contributed by atoms with Crippen molar-refractivity contribution < 1.29 is 10.2 Å². The van der Waals surface area contributed by atoms with E-state index in [9.17, 15) is 0 Å². The second kappa shape index (κ2) is 3.02. The molecule has 1 aliphatic rings. The van der Waals surface area contributed by atoms with Gasteiger partial charge in [-0.1, -0.05) is 5.92 Å². The van der Waals surface area contributed by atoms with Gasteiger partial charge in [-0.15, -0.1) is 6.42 Å². The van der Waals surface area contributed by atoms with Crippen molar-refractivity contribution >= 4 is 0 Å². The Balaban J connectivity index is 2.35. The second-order valence-corrected chi connectivity index (χ2v) is 2.53. The van der Waals surface area contributed by atoms with Crippen LogP contribution >= 0.6 is 0 Å². The maximum Gasteiger partial charge on any atom is 0.0938 e. The second-order valence-electron chi connectivity index (χ2n) is 2.53. The molecule has 0 bridgehead atoms. The zero-order chi connectivity index (χ0) is 7.56. The SMILES string of the molecule is C#CCN1CC(O)C(O)C1. The minimum Gasteiger partial charge on any atom is -0.389 e. The number of hydrogen-bond donors (Lipinski definition) is 2. The van der Waals surface area contributed by atoms with Crippen LogP contribution in [0.2, 0.25) is 0 Å². The highest BCUT2D eigenvalue weighted by Crippen LogP contribution is 2.08. The molecule has 1 saturated heterocycles. The standard InChI is InChI=1S/C7H11NO2/c1-2-3-8-4-6(9)7(10)5-8/h1,6-7,9-10H,3-5H2. The lowest BCUT2D eigenvalue weighted by atomic mass is 10.3. The van der Waals surface area contributed by atoms with E-state index in [0.717, 1.165) is 0 Å². The Hall–Kier alpha value is -0.560. The summed E-state index contributed by atoms with van der Waals surface area (Å²) in [5.41, 5.74) is 0. The molecule has 0 aliphatic carbocycles. The van der Waals surface area contributed by atoms with E-state index in [2.05, 4.69) is 5.92 Å². The summed E-state index contributed by atoms with van der Waals surface area (Å²) in [5.74, 6) is 2.45. The van der Waals surface area contributed by atoms with Gasteiger partial charge in [0.15, 0.2) is 0 Å². The molecule has 0 spiro atoms. The summed E-state index contributed by atoms with van der Waals surface area (Å²) in [5, 5.41) is 18.1. The lowest BCUT2D eigenvalue weighted by molar-refractivity contribution is 0.0572. The number of terminal acetylenes is 1. The fraction of sp³-hybridized carbons (Fsp3) is 0.714. The average molecular weight is 141 g/mol. The number of rotatable bonds is 1. The molecule has 0 saturated carbocycles. The summed E-state index contributed by atoms with van der Waals surface area (Å²) in [6.45, 7) is 1.49. The van der Waals surface area contributed by atoms with Crippen molar-refractivity contribution in [2.45, 2.75) is 12.2 Å². The molecule has 2 N–H and O–H groups in total. The van der Waals surface area contributed by atoms with Crippen LogP contribution in [0, 0.1) is 12.3 Å². The molecular weight excluding hydrogens is 130 g/mol. The average Bonchev–Trinajstić information content (AvgIpc) is 2.14. The number of hydrogen-bond acceptors (Lipinski definition) is 3. The molecule has 1 heterocycles. The quantitative estimate of drug-likeness (QED) is 0.444. The Kier molecular flexibility index (Phi) is 2.28. The molecule has 1 rings (SSSR count). The van der Waals surface area contributed by atoms with E-state index in [4.69, 9.17) is 16.6 Å². The molecule has 2 atom stereocenters. The highest BCUT2D eigenvalue weighted by Gasteiger charge is 2.28. The van der Waals surface area contributed by atoms with Crippen LogP contribution in [0.3, 0.4) is 0 Å². The fourth-order valence-electron chi connectivity index (χ4n) is 1.11. The van der Waals surface area contributed by atoms with Crippen molar-refractivity contribution in [1.82, 2.24) is 4.90 Å². The molecule has 3 nitrogen and oxygen atoms in total. The van der Waals surface area contributed by atoms with Gasteiger partial charge in [0.2, 0.25) is 0 Å². The van der Waals surface area contributed by atoms with Crippen LogP contribution < -0.4 is 0 Å². The minimum absolute atomic E-state index is 0.491. The van der Waals surface area contributed by atoms with Gasteiger partial charge in [0.25, 0.3) is 0 Å². The minimum atomic E-state index is -0.617. The Morgan fingerprint density at radius 1 is 1.40 bits per heavy atom. The smallest absolute Gasteiger partial charge is 0.0938 e. The molecule has 0 amide bonds. The highest BCUT2D eigenvalue weighted by atomic mass is 16.3. The number of likely N-dealkylation sites (tertiary alicyclic amines) is 1. The van der Waals surface area contributed by atoms with Gasteiger partial charge >= 0.3 is 0 Å². The summed E-state index contributed by atoms with van der Waals surface area (Å²) >= 11 is 0. The van der Waals surface area contributed by atoms with Gasteiger partial charge in [0.1, 0.15) is 0 Å². The fourth-order valence-corrected chi connectivity index (χ4v) is 1.11. The maximum absolute atomic E-state index is 9.03. The molecule has 0 aromatic rings. The van der Waals surface area contributed by atoms with Crippen LogP contribution in [0.4, 0.5) is 0 Å². The monoisotopic (exact) mass is 141 g/mol. The molecule has 1 fully saturated rings. The Bertz CT molecular complexity index is 142. The zero-order valence-corrected chi connectivity index (χ0v) is 5.70. The summed E-state index contributed by atoms with van der Waals surface area (Å²) in [6.07, 6.45) is 3.81. The molecule has 10 heavy (non-hydrogen) atoms. The number of aliphatic hydroxyl groups excluding tert-OH is 2. The first-order valence-corrected chi connectivity index (χ1v) is 3.26. The Morgan fingerprint density at radius 2 is 1.90 bits per heavy atom. The van der Waals surface area contributed by atoms with Crippen LogP contribution in [-0.2, 0) is 0 Å². The summed E-state index contributed by atoms with van der Waals surface area (Å²) in [6, 6.07) is 0. The summed E-state index contributed by atoms with van der Waals surface area (Å²) in [7, 11) is 0. The number of nitrogens with zero attached hydrogens (tertiary/aromatic N) is 1.